The number of aryl methyl sites for hydroxylation is 1. The van der Waals surface area contributed by atoms with Crippen LogP contribution in [-0.4, -0.2) is 10.7 Å². The van der Waals surface area contributed by atoms with Gasteiger partial charge in [-0.15, -0.1) is 0 Å². The Balaban J connectivity index is 1.12. The third-order valence-corrected chi connectivity index (χ3v) is 12.8. The fourth-order valence-corrected chi connectivity index (χ4v) is 10.5. The molecular weight excluding hydrogens is 635 g/mol. The summed E-state index contributed by atoms with van der Waals surface area (Å²) in [6, 6.07) is 25.8. The van der Waals surface area contributed by atoms with Crippen LogP contribution in [0.4, 0.5) is 0 Å². The molecule has 0 fully saturated rings. The summed E-state index contributed by atoms with van der Waals surface area (Å²) in [6.07, 6.45) is 34.5. The zero-order valence-electron chi connectivity index (χ0n) is 29.6. The Morgan fingerprint density at radius 1 is 0.750 bits per heavy atom. The first-order valence-corrected chi connectivity index (χ1v) is 19.5. The lowest BCUT2D eigenvalue weighted by Gasteiger charge is -2.52. The van der Waals surface area contributed by atoms with E-state index in [2.05, 4.69) is 138 Å². The van der Waals surface area contributed by atoms with Gasteiger partial charge in [0.25, 0.3) is 0 Å². The van der Waals surface area contributed by atoms with Gasteiger partial charge in [-0.05, 0) is 108 Å². The van der Waals surface area contributed by atoms with E-state index < -0.39 is 5.41 Å². The van der Waals surface area contributed by atoms with Crippen LogP contribution in [0.1, 0.15) is 85.7 Å². The van der Waals surface area contributed by atoms with Gasteiger partial charge in [0.05, 0.1) is 11.5 Å². The maximum absolute atomic E-state index is 7.04. The van der Waals surface area contributed by atoms with Crippen molar-refractivity contribution >= 4 is 17.0 Å². The molecule has 0 saturated heterocycles. The molecule has 0 radical (unpaired) electrons. The number of hydrogen-bond donors (Lipinski definition) is 0. The van der Waals surface area contributed by atoms with Crippen LogP contribution in [0.2, 0.25) is 0 Å². The van der Waals surface area contributed by atoms with Crippen molar-refractivity contribution in [2.45, 2.75) is 81.3 Å². The van der Waals surface area contributed by atoms with Crippen molar-refractivity contribution in [1.29, 1.82) is 0 Å². The largest absolute Gasteiger partial charge is 0.490 e. The van der Waals surface area contributed by atoms with Crippen molar-refractivity contribution in [3.63, 3.8) is 0 Å². The van der Waals surface area contributed by atoms with Crippen molar-refractivity contribution in [3.8, 4) is 16.9 Å². The second-order valence-electron chi connectivity index (χ2n) is 15.5. The smallest absolute Gasteiger partial charge is 0.131 e. The number of allylic oxidation sites excluding steroid dienone is 13. The lowest BCUT2D eigenvalue weighted by Crippen LogP contribution is -2.47. The molecule has 0 bridgehead atoms. The summed E-state index contributed by atoms with van der Waals surface area (Å²) >= 11 is 0. The van der Waals surface area contributed by atoms with Crippen molar-refractivity contribution in [2.75, 3.05) is 0 Å². The SMILES string of the molecule is C1=CCC2OC3=C(C=CCC3)C3(C2=C1)C1=C(CCC(c2ccccc2)C1)Oc1ccc(-c2ccc4c(c2)c2c(n4C4C=CC=CC4)C=CCC2)cc13. The molecule has 4 unspecified atom stereocenters. The Morgan fingerprint density at radius 2 is 1.62 bits per heavy atom. The van der Waals surface area contributed by atoms with E-state index in [9.17, 15) is 0 Å². The van der Waals surface area contributed by atoms with Gasteiger partial charge >= 0.3 is 0 Å². The fraction of sp³-hybridized carbons (Fsp3) is 0.265. The third kappa shape index (κ3) is 4.44. The van der Waals surface area contributed by atoms with Crippen LogP contribution >= 0.6 is 0 Å². The summed E-state index contributed by atoms with van der Waals surface area (Å²) in [7, 11) is 0. The predicted molar refractivity (Wildman–Crippen MR) is 211 cm³/mol. The molecule has 0 N–H and O–H groups in total. The summed E-state index contributed by atoms with van der Waals surface area (Å²) in [5.74, 6) is 3.78. The molecule has 5 aliphatic carbocycles. The summed E-state index contributed by atoms with van der Waals surface area (Å²) < 4.78 is 16.5. The zero-order valence-corrected chi connectivity index (χ0v) is 29.6. The number of aromatic nitrogens is 1. The molecule has 3 heterocycles. The van der Waals surface area contributed by atoms with E-state index in [-0.39, 0.29) is 6.10 Å². The number of rotatable bonds is 3. The topological polar surface area (TPSA) is 23.4 Å². The second-order valence-corrected chi connectivity index (χ2v) is 15.5. The predicted octanol–water partition coefficient (Wildman–Crippen LogP) is 12.1. The van der Waals surface area contributed by atoms with E-state index in [0.717, 1.165) is 63.5 Å². The molecule has 3 aromatic carbocycles. The molecule has 2 aliphatic heterocycles. The summed E-state index contributed by atoms with van der Waals surface area (Å²) in [6.45, 7) is 0. The highest BCUT2D eigenvalue weighted by Gasteiger charge is 2.56. The highest BCUT2D eigenvalue weighted by atomic mass is 16.5. The first-order chi connectivity index (χ1) is 25.8. The van der Waals surface area contributed by atoms with E-state index in [0.29, 0.717) is 12.0 Å². The van der Waals surface area contributed by atoms with Crippen LogP contribution in [0, 0.1) is 0 Å². The van der Waals surface area contributed by atoms with Gasteiger partial charge in [0.15, 0.2) is 0 Å². The number of ether oxygens (including phenoxy) is 2. The van der Waals surface area contributed by atoms with Gasteiger partial charge in [-0.25, -0.2) is 0 Å². The Kier molecular flexibility index (Phi) is 6.94. The van der Waals surface area contributed by atoms with Crippen molar-refractivity contribution in [2.24, 2.45) is 0 Å². The second kappa shape index (κ2) is 11.9. The van der Waals surface area contributed by atoms with Crippen LogP contribution in [0.3, 0.4) is 0 Å². The average Bonchev–Trinajstić information content (AvgIpc) is 3.55. The molecule has 256 valence electrons. The molecule has 1 spiro atoms. The zero-order chi connectivity index (χ0) is 34.2. The summed E-state index contributed by atoms with van der Waals surface area (Å²) in [5.41, 5.74) is 13.1. The first-order valence-electron chi connectivity index (χ1n) is 19.5. The highest BCUT2D eigenvalue weighted by molar-refractivity contribution is 5.93. The lowest BCUT2D eigenvalue weighted by atomic mass is 9.55. The van der Waals surface area contributed by atoms with Gasteiger partial charge in [-0.3, -0.25) is 0 Å². The molecule has 11 rings (SSSR count). The van der Waals surface area contributed by atoms with E-state index in [1.165, 1.54) is 72.7 Å². The quantitative estimate of drug-likeness (QED) is 0.215. The van der Waals surface area contributed by atoms with Crippen molar-refractivity contribution in [3.05, 3.63) is 178 Å². The molecule has 0 saturated carbocycles. The Morgan fingerprint density at radius 3 is 2.54 bits per heavy atom. The van der Waals surface area contributed by atoms with E-state index in [1.807, 2.05) is 0 Å². The Bertz CT molecular complexity index is 2410. The summed E-state index contributed by atoms with van der Waals surface area (Å²) in [4.78, 5) is 0. The maximum Gasteiger partial charge on any atom is 0.131 e. The van der Waals surface area contributed by atoms with Gasteiger partial charge in [0.2, 0.25) is 0 Å². The molecule has 1 aromatic heterocycles. The van der Waals surface area contributed by atoms with Gasteiger partial charge in [0, 0.05) is 47.0 Å². The highest BCUT2D eigenvalue weighted by Crippen LogP contribution is 2.63. The number of hydrogen-bond acceptors (Lipinski definition) is 2. The fourth-order valence-electron chi connectivity index (χ4n) is 10.5. The molecule has 7 aliphatic rings. The minimum atomic E-state index is -0.426. The van der Waals surface area contributed by atoms with Crippen LogP contribution in [0.25, 0.3) is 28.1 Å². The van der Waals surface area contributed by atoms with Crippen LogP contribution < -0.4 is 4.74 Å². The number of fused-ring (bicyclic) bond motifs is 9. The molecule has 3 heteroatoms. The van der Waals surface area contributed by atoms with Crippen LogP contribution in [-0.2, 0) is 16.6 Å². The lowest BCUT2D eigenvalue weighted by molar-refractivity contribution is 0.106. The van der Waals surface area contributed by atoms with E-state index >= 15 is 0 Å². The summed E-state index contributed by atoms with van der Waals surface area (Å²) in [5, 5.41) is 1.39. The van der Waals surface area contributed by atoms with Gasteiger partial charge < -0.3 is 14.0 Å². The van der Waals surface area contributed by atoms with E-state index in [1.54, 1.807) is 0 Å². The molecule has 4 atom stereocenters. The average molecular weight is 678 g/mol. The Hall–Kier alpha value is -5.28. The molecule has 52 heavy (non-hydrogen) atoms. The number of benzene rings is 3. The van der Waals surface area contributed by atoms with Crippen molar-refractivity contribution in [1.82, 2.24) is 4.57 Å². The van der Waals surface area contributed by atoms with Crippen molar-refractivity contribution < 1.29 is 9.47 Å². The molecule has 0 amide bonds. The molecular formula is C49H43NO2. The minimum absolute atomic E-state index is 0.0232. The van der Waals surface area contributed by atoms with Crippen LogP contribution in [0.5, 0.6) is 5.75 Å². The standard InChI is InChI=1S/C49H43NO2/c1-3-13-32(14-4-1)34-24-27-47-41(30-34)49(39-18-8-11-21-45(39)51-46-22-12-9-19-40(46)49)42-31-35(25-28-48(42)52-47)33-23-26-44-38(29-33)37-17-7-10-20-43(37)50(44)36-15-5-2-6-16-36/h1-6,8-11,13-15,18-20,23,25-26,28-29,31,34,36,45H,7,12,16-17,21-22,24,27,30H2. The minimum Gasteiger partial charge on any atom is -0.490 e. The normalized spacial score (nSPS) is 26.7. The first kappa shape index (κ1) is 30.4. The van der Waals surface area contributed by atoms with Crippen LogP contribution in [0.15, 0.2) is 156 Å². The third-order valence-electron chi connectivity index (χ3n) is 12.8. The molecule has 4 aromatic rings. The van der Waals surface area contributed by atoms with Gasteiger partial charge in [-0.1, -0.05) is 103 Å². The van der Waals surface area contributed by atoms with Gasteiger partial charge in [-0.2, -0.15) is 0 Å². The Labute approximate surface area is 306 Å². The monoisotopic (exact) mass is 677 g/mol. The maximum atomic E-state index is 7.04. The van der Waals surface area contributed by atoms with Gasteiger partial charge in [0.1, 0.15) is 23.4 Å². The molecule has 3 nitrogen and oxygen atoms in total. The number of nitrogens with zero attached hydrogens (tertiary/aromatic N) is 1. The van der Waals surface area contributed by atoms with E-state index in [4.69, 9.17) is 9.47 Å².